The molecule has 19 aromatic rings. The Labute approximate surface area is 713 Å². The summed E-state index contributed by atoms with van der Waals surface area (Å²) in [5.74, 6) is 0.662. The fourth-order valence-electron chi connectivity index (χ4n) is 18.2. The summed E-state index contributed by atoms with van der Waals surface area (Å²) in [5, 5.41) is 7.25. The van der Waals surface area contributed by atoms with Gasteiger partial charge in [0.1, 0.15) is 0 Å². The summed E-state index contributed by atoms with van der Waals surface area (Å²) in [6.07, 6.45) is 15.7. The van der Waals surface area contributed by atoms with Gasteiger partial charge in [-0.2, -0.15) is 0 Å². The molecule has 0 heterocycles. The number of rotatable bonds is 20. The van der Waals surface area contributed by atoms with Crippen LogP contribution < -0.4 is 19.6 Å². The molecule has 0 aromatic heterocycles. The summed E-state index contributed by atoms with van der Waals surface area (Å²) >= 11 is 0. The van der Waals surface area contributed by atoms with Gasteiger partial charge in [-0.1, -0.05) is 358 Å². The van der Waals surface area contributed by atoms with Crippen molar-refractivity contribution in [3.63, 3.8) is 0 Å². The number of hydrogen-bond donors (Lipinski definition) is 0. The van der Waals surface area contributed by atoms with Crippen molar-refractivity contribution in [3.05, 3.63) is 509 Å². The van der Waals surface area contributed by atoms with Crippen molar-refractivity contribution in [3.8, 4) is 77.9 Å². The van der Waals surface area contributed by atoms with Gasteiger partial charge in [0.25, 0.3) is 0 Å². The second kappa shape index (κ2) is 32.9. The van der Waals surface area contributed by atoms with Gasteiger partial charge in [0, 0.05) is 79.7 Å². The Balaban J connectivity index is 0.507. The van der Waals surface area contributed by atoms with E-state index in [2.05, 4.69) is 517 Å². The molecular weight excluding hydrogens is 1470 g/mol. The molecule has 0 saturated carbocycles. The third-order valence-corrected chi connectivity index (χ3v) is 24.3. The largest absolute Gasteiger partial charge is 0.311 e. The van der Waals surface area contributed by atoms with Gasteiger partial charge < -0.3 is 19.6 Å². The van der Waals surface area contributed by atoms with E-state index in [1.54, 1.807) is 0 Å². The monoisotopic (exact) mass is 1560 g/mol. The van der Waals surface area contributed by atoms with Crippen molar-refractivity contribution < 1.29 is 0 Å². The third kappa shape index (κ3) is 14.5. The minimum absolute atomic E-state index is 0.305. The van der Waals surface area contributed by atoms with Gasteiger partial charge in [-0.05, 0) is 250 Å². The number of benzene rings is 19. The molecule has 0 spiro atoms. The Bertz CT molecular complexity index is 7100. The topological polar surface area (TPSA) is 13.0 Å². The number of anilines is 12. The highest BCUT2D eigenvalue weighted by Gasteiger charge is 2.27. The summed E-state index contributed by atoms with van der Waals surface area (Å²) in [5.41, 5.74) is 32.3. The Morgan fingerprint density at radius 2 is 0.484 bits per heavy atom. The van der Waals surface area contributed by atoms with E-state index in [9.17, 15) is 0 Å². The molecule has 576 valence electrons. The number of nitrogens with zero attached hydrogens (tertiary/aromatic N) is 4. The van der Waals surface area contributed by atoms with Crippen molar-refractivity contribution in [1.82, 2.24) is 0 Å². The van der Waals surface area contributed by atoms with Crippen LogP contribution in [0.4, 0.5) is 68.2 Å². The number of allylic oxidation sites excluding steroid dienone is 8. The highest BCUT2D eigenvalue weighted by Crippen LogP contribution is 2.48. The molecule has 19 aromatic carbocycles. The molecule has 21 rings (SSSR count). The Hall–Kier alpha value is -15.9. The van der Waals surface area contributed by atoms with Crippen molar-refractivity contribution in [2.24, 2.45) is 5.92 Å². The maximum atomic E-state index is 2.39. The van der Waals surface area contributed by atoms with Crippen LogP contribution in [0.3, 0.4) is 0 Å². The first-order chi connectivity index (χ1) is 60.5. The van der Waals surface area contributed by atoms with E-state index >= 15 is 0 Å². The fourth-order valence-corrected chi connectivity index (χ4v) is 18.2. The van der Waals surface area contributed by atoms with Gasteiger partial charge in [-0.25, -0.2) is 0 Å². The first-order valence-corrected chi connectivity index (χ1v) is 42.1. The molecular formula is C118H84N4. The van der Waals surface area contributed by atoms with E-state index < -0.39 is 0 Å². The van der Waals surface area contributed by atoms with Crippen LogP contribution in [0.25, 0.3) is 110 Å². The summed E-state index contributed by atoms with van der Waals surface area (Å²) in [6.45, 7) is 0. The fraction of sp³-hybridized carbons (Fsp3) is 0.0169. The lowest BCUT2D eigenvalue weighted by atomic mass is 9.76. The summed E-state index contributed by atoms with van der Waals surface area (Å²) in [7, 11) is 0. The van der Waals surface area contributed by atoms with Crippen molar-refractivity contribution in [2.45, 2.75) is 5.92 Å². The van der Waals surface area contributed by atoms with Crippen LogP contribution in [0.1, 0.15) is 11.5 Å². The summed E-state index contributed by atoms with van der Waals surface area (Å²) in [4.78, 5) is 9.43. The molecule has 4 nitrogen and oxygen atoms in total. The van der Waals surface area contributed by atoms with Gasteiger partial charge in [0.15, 0.2) is 0 Å². The highest BCUT2D eigenvalue weighted by atomic mass is 15.2. The zero-order chi connectivity index (χ0) is 81.1. The van der Waals surface area contributed by atoms with Crippen LogP contribution in [-0.2, 0) is 0 Å². The standard InChI is InChI=1S/C118H84N4/c1-5-29-97(30-6-1)119(103-75-62-91(63-76-103)108-40-19-26-89-24-13-15-37-107(89)108)101-69-56-86(57-70-101)83-48-50-84(51-49-83)87-58-71-102(72-59-87)120(98-31-7-2-8-32-98)104-77-64-93(65-78-104)110-42-22-45-116-111(43-23-44-115(110)116)96-68-81-112-95(82-96)28-20-41-109(112)92-66-79-106(80-67-92)121(99-33-9-3-10-34-99)117-46-18-17-39-114(117)94-54-52-85(53-55-94)88-60-73-105(74-61-88)122(100-35-11-4-12-36-100)118-47-21-27-90-25-14-16-38-113(90)118/h1-82,107-108H. The molecule has 2 atom stereocenters. The van der Waals surface area contributed by atoms with Gasteiger partial charge >= 0.3 is 0 Å². The average molecular weight is 1560 g/mol. The van der Waals surface area contributed by atoms with Gasteiger partial charge in [0.2, 0.25) is 0 Å². The summed E-state index contributed by atoms with van der Waals surface area (Å²) in [6, 6.07) is 166. The SMILES string of the molecule is C1=CC2=CC=CC(c3ccc(N(c4ccccc4)c4ccc(-c5ccc(-c6ccc(N(c7ccccc7)c7ccc(-c8cccc9c(-c%10ccc%11c(-c%12ccc(N(c%13ccccc%13)c%13ccccc%13-c%13ccc(-c%14ccc(N(c%15ccccc%15)c%15cccc%16ccccc%15%16)cc%14)cc%13)cc%12)cccc%11c%10)cccc89)cc7)cc6)cc5)cc4)cc3)C2C=C1. The van der Waals surface area contributed by atoms with E-state index in [1.165, 1.54) is 82.4 Å². The number of hydrogen-bond acceptors (Lipinski definition) is 4. The van der Waals surface area contributed by atoms with Crippen molar-refractivity contribution >= 4 is 101 Å². The molecule has 0 aliphatic heterocycles. The van der Waals surface area contributed by atoms with Crippen LogP contribution in [0.2, 0.25) is 0 Å². The molecule has 2 unspecified atom stereocenters. The molecule has 4 heteroatoms. The van der Waals surface area contributed by atoms with Crippen LogP contribution >= 0.6 is 0 Å². The highest BCUT2D eigenvalue weighted by molar-refractivity contribution is 6.07. The smallest absolute Gasteiger partial charge is 0.0540 e. The van der Waals surface area contributed by atoms with Crippen molar-refractivity contribution in [1.29, 1.82) is 0 Å². The lowest BCUT2D eigenvalue weighted by Gasteiger charge is -2.29. The van der Waals surface area contributed by atoms with Gasteiger partial charge in [-0.3, -0.25) is 0 Å². The van der Waals surface area contributed by atoms with Crippen LogP contribution in [0.15, 0.2) is 503 Å². The molecule has 0 N–H and O–H groups in total. The first kappa shape index (κ1) is 73.7. The van der Waals surface area contributed by atoms with Crippen LogP contribution in [-0.4, -0.2) is 0 Å². The molecule has 2 aliphatic carbocycles. The predicted molar refractivity (Wildman–Crippen MR) is 517 cm³/mol. The Kier molecular flexibility index (Phi) is 19.9. The van der Waals surface area contributed by atoms with Crippen molar-refractivity contribution in [2.75, 3.05) is 19.6 Å². The zero-order valence-corrected chi connectivity index (χ0v) is 67.3. The number of fused-ring (bicyclic) bond motifs is 4. The Morgan fingerprint density at radius 1 is 0.172 bits per heavy atom. The minimum Gasteiger partial charge on any atom is -0.311 e. The molecule has 0 bridgehead atoms. The maximum Gasteiger partial charge on any atom is 0.0540 e. The first-order valence-electron chi connectivity index (χ1n) is 42.1. The van der Waals surface area contributed by atoms with E-state index in [4.69, 9.17) is 0 Å². The maximum absolute atomic E-state index is 2.39. The van der Waals surface area contributed by atoms with E-state index in [-0.39, 0.29) is 0 Å². The molecule has 0 saturated heterocycles. The van der Waals surface area contributed by atoms with Crippen LogP contribution in [0.5, 0.6) is 0 Å². The zero-order valence-electron chi connectivity index (χ0n) is 67.3. The average Bonchev–Trinajstić information content (AvgIpc) is 0.754. The van der Waals surface area contributed by atoms with E-state index in [0.717, 1.165) is 107 Å². The lowest BCUT2D eigenvalue weighted by Crippen LogP contribution is -2.15. The second-order valence-electron chi connectivity index (χ2n) is 31.5. The van der Waals surface area contributed by atoms with E-state index in [1.807, 2.05) is 0 Å². The molecule has 0 fully saturated rings. The molecule has 0 amide bonds. The molecule has 0 radical (unpaired) electrons. The number of para-hydroxylation sites is 5. The van der Waals surface area contributed by atoms with E-state index in [0.29, 0.717) is 11.8 Å². The second-order valence-corrected chi connectivity index (χ2v) is 31.5. The minimum atomic E-state index is 0.305. The van der Waals surface area contributed by atoms with Gasteiger partial charge in [0.05, 0.1) is 11.4 Å². The predicted octanol–water partition coefficient (Wildman–Crippen LogP) is 33.0. The summed E-state index contributed by atoms with van der Waals surface area (Å²) < 4.78 is 0. The third-order valence-electron chi connectivity index (χ3n) is 24.3. The molecule has 122 heavy (non-hydrogen) atoms. The quantitative estimate of drug-likeness (QED) is 0.0754. The van der Waals surface area contributed by atoms with Crippen LogP contribution in [0, 0.1) is 5.92 Å². The Morgan fingerprint density at radius 3 is 0.992 bits per heavy atom. The molecule has 2 aliphatic rings. The normalized spacial score (nSPS) is 13.4. The lowest BCUT2D eigenvalue weighted by molar-refractivity contribution is 0.670. The van der Waals surface area contributed by atoms with Gasteiger partial charge in [-0.15, -0.1) is 0 Å².